The molecule has 1 amide bonds. The third kappa shape index (κ3) is 3.18. The molecule has 3 nitrogen and oxygen atoms in total. The number of carbonyl (C=O) groups excluding carboxylic acids is 1. The summed E-state index contributed by atoms with van der Waals surface area (Å²) in [6.45, 7) is 0. The molecular weight excluding hydrogens is 269 g/mol. The maximum absolute atomic E-state index is 12.9. The van der Waals surface area contributed by atoms with Crippen LogP contribution in [0.2, 0.25) is 0 Å². The molecule has 19 heavy (non-hydrogen) atoms. The highest BCUT2D eigenvalue weighted by molar-refractivity contribution is 6.19. The van der Waals surface area contributed by atoms with Crippen molar-refractivity contribution in [3.63, 3.8) is 0 Å². The van der Waals surface area contributed by atoms with Gasteiger partial charge in [0.15, 0.2) is 0 Å². The fourth-order valence-electron chi connectivity index (χ4n) is 2.53. The van der Waals surface area contributed by atoms with Crippen LogP contribution in [-0.2, 0) is 0 Å². The topological polar surface area (TPSA) is 49.3 Å². The summed E-state index contributed by atoms with van der Waals surface area (Å²) in [5.41, 5.74) is -0.325. The number of phenols is 1. The van der Waals surface area contributed by atoms with Crippen LogP contribution < -0.4 is 5.32 Å². The number of hydrogen-bond donors (Lipinski definition) is 2. The predicted molar refractivity (Wildman–Crippen MR) is 72.1 cm³/mol. The molecule has 0 aromatic heterocycles. The van der Waals surface area contributed by atoms with E-state index in [4.69, 9.17) is 11.6 Å². The van der Waals surface area contributed by atoms with Crippen LogP contribution in [0, 0.1) is 5.82 Å². The van der Waals surface area contributed by atoms with Crippen molar-refractivity contribution in [2.75, 3.05) is 5.88 Å². The van der Waals surface area contributed by atoms with Gasteiger partial charge in [-0.05, 0) is 25.0 Å². The number of hydrogen-bond acceptors (Lipinski definition) is 2. The molecule has 0 unspecified atom stereocenters. The summed E-state index contributed by atoms with van der Waals surface area (Å²) in [4.78, 5) is 12.2. The Morgan fingerprint density at radius 2 is 2.05 bits per heavy atom. The summed E-state index contributed by atoms with van der Waals surface area (Å²) >= 11 is 6.00. The summed E-state index contributed by atoms with van der Waals surface area (Å²) in [6, 6.07) is 3.37. The number of alkyl halides is 1. The second-order valence-electron chi connectivity index (χ2n) is 5.09. The van der Waals surface area contributed by atoms with E-state index in [1.165, 1.54) is 6.07 Å². The van der Waals surface area contributed by atoms with Gasteiger partial charge in [-0.2, -0.15) is 0 Å². The molecule has 1 aromatic carbocycles. The zero-order chi connectivity index (χ0) is 13.9. The van der Waals surface area contributed by atoms with Gasteiger partial charge in [-0.3, -0.25) is 4.79 Å². The fraction of sp³-hybridized carbons (Fsp3) is 0.500. The molecule has 2 N–H and O–H groups in total. The number of phenolic OH excluding ortho intramolecular Hbond substituents is 1. The largest absolute Gasteiger partial charge is 0.507 e. The van der Waals surface area contributed by atoms with E-state index >= 15 is 0 Å². The van der Waals surface area contributed by atoms with Crippen molar-refractivity contribution in [3.05, 3.63) is 29.6 Å². The fourth-order valence-corrected chi connectivity index (χ4v) is 2.86. The lowest BCUT2D eigenvalue weighted by atomic mass is 9.83. The first-order valence-electron chi connectivity index (χ1n) is 6.43. The van der Waals surface area contributed by atoms with Gasteiger partial charge in [0.05, 0.1) is 11.1 Å². The minimum Gasteiger partial charge on any atom is -0.507 e. The van der Waals surface area contributed by atoms with Crippen LogP contribution in [0.1, 0.15) is 42.5 Å². The highest BCUT2D eigenvalue weighted by Gasteiger charge is 2.33. The quantitative estimate of drug-likeness (QED) is 0.838. The summed E-state index contributed by atoms with van der Waals surface area (Å²) in [5.74, 6) is -0.974. The Kier molecular flexibility index (Phi) is 4.30. The number of amides is 1. The second kappa shape index (κ2) is 5.78. The molecule has 0 aliphatic heterocycles. The molecule has 0 bridgehead atoms. The lowest BCUT2D eigenvalue weighted by molar-refractivity contribution is 0.0882. The molecule has 1 aromatic rings. The van der Waals surface area contributed by atoms with Gasteiger partial charge < -0.3 is 10.4 Å². The first-order chi connectivity index (χ1) is 9.06. The number of benzene rings is 1. The van der Waals surface area contributed by atoms with Crippen LogP contribution in [0.4, 0.5) is 4.39 Å². The Morgan fingerprint density at radius 3 is 2.63 bits per heavy atom. The molecule has 0 heterocycles. The zero-order valence-electron chi connectivity index (χ0n) is 10.6. The van der Waals surface area contributed by atoms with Crippen molar-refractivity contribution >= 4 is 17.5 Å². The van der Waals surface area contributed by atoms with Gasteiger partial charge in [0.2, 0.25) is 0 Å². The highest BCUT2D eigenvalue weighted by Crippen LogP contribution is 2.30. The molecule has 1 aliphatic carbocycles. The van der Waals surface area contributed by atoms with Crippen LogP contribution in [-0.4, -0.2) is 22.4 Å². The Balaban J connectivity index is 2.15. The van der Waals surface area contributed by atoms with Gasteiger partial charge in [0, 0.05) is 11.9 Å². The lowest BCUT2D eigenvalue weighted by Crippen LogP contribution is -2.51. The average molecular weight is 286 g/mol. The van der Waals surface area contributed by atoms with E-state index in [2.05, 4.69) is 5.32 Å². The van der Waals surface area contributed by atoms with Crippen LogP contribution in [0.3, 0.4) is 0 Å². The third-order valence-corrected chi connectivity index (χ3v) is 4.16. The number of aromatic hydroxyl groups is 1. The number of rotatable bonds is 3. The van der Waals surface area contributed by atoms with Gasteiger partial charge in [-0.15, -0.1) is 11.6 Å². The molecule has 5 heteroatoms. The smallest absolute Gasteiger partial charge is 0.255 e. The maximum Gasteiger partial charge on any atom is 0.255 e. The number of carbonyl (C=O) groups is 1. The highest BCUT2D eigenvalue weighted by atomic mass is 35.5. The summed E-state index contributed by atoms with van der Waals surface area (Å²) in [6.07, 6.45) is 4.88. The monoisotopic (exact) mass is 285 g/mol. The minimum atomic E-state index is -0.571. The molecular formula is C14H17ClFNO2. The predicted octanol–water partition coefficient (Wildman–Crippen LogP) is 3.20. The lowest BCUT2D eigenvalue weighted by Gasteiger charge is -2.36. The van der Waals surface area contributed by atoms with Gasteiger partial charge in [-0.1, -0.05) is 19.3 Å². The van der Waals surface area contributed by atoms with Crippen LogP contribution in [0.5, 0.6) is 5.75 Å². The number of nitrogens with one attached hydrogen (secondary N) is 1. The molecule has 2 rings (SSSR count). The summed E-state index contributed by atoms with van der Waals surface area (Å²) in [5, 5.41) is 12.5. The van der Waals surface area contributed by atoms with E-state index in [-0.39, 0.29) is 11.3 Å². The summed E-state index contributed by atoms with van der Waals surface area (Å²) in [7, 11) is 0. The Hall–Kier alpha value is -1.29. The first-order valence-corrected chi connectivity index (χ1v) is 6.97. The van der Waals surface area contributed by atoms with Crippen molar-refractivity contribution in [2.24, 2.45) is 0 Å². The first kappa shape index (κ1) is 14.1. The van der Waals surface area contributed by atoms with Crippen LogP contribution in [0.25, 0.3) is 0 Å². The average Bonchev–Trinajstić information content (AvgIpc) is 2.39. The second-order valence-corrected chi connectivity index (χ2v) is 5.36. The van der Waals surface area contributed by atoms with Crippen molar-refractivity contribution in [2.45, 2.75) is 37.6 Å². The minimum absolute atomic E-state index is 0.0801. The van der Waals surface area contributed by atoms with E-state index in [9.17, 15) is 14.3 Å². The molecule has 104 valence electrons. The SMILES string of the molecule is O=C(NC1(CCl)CCCCC1)c1ccc(F)cc1O. The maximum atomic E-state index is 12.9. The molecule has 0 spiro atoms. The van der Waals surface area contributed by atoms with E-state index in [0.717, 1.165) is 44.2 Å². The molecule has 1 aliphatic rings. The van der Waals surface area contributed by atoms with E-state index in [0.29, 0.717) is 5.88 Å². The molecule has 0 radical (unpaired) electrons. The summed E-state index contributed by atoms with van der Waals surface area (Å²) < 4.78 is 12.9. The van der Waals surface area contributed by atoms with Crippen molar-refractivity contribution in [1.82, 2.24) is 5.32 Å². The van der Waals surface area contributed by atoms with Crippen molar-refractivity contribution in [3.8, 4) is 5.75 Å². The van der Waals surface area contributed by atoms with E-state index < -0.39 is 17.3 Å². The standard InChI is InChI=1S/C14H17ClFNO2/c15-9-14(6-2-1-3-7-14)17-13(19)11-5-4-10(16)8-12(11)18/h4-5,8,18H,1-3,6-7,9H2,(H,17,19). The van der Waals surface area contributed by atoms with Gasteiger partial charge in [0.1, 0.15) is 11.6 Å². The molecule has 1 saturated carbocycles. The van der Waals surface area contributed by atoms with E-state index in [1.807, 2.05) is 0 Å². The molecule has 0 saturated heterocycles. The van der Waals surface area contributed by atoms with Crippen molar-refractivity contribution < 1.29 is 14.3 Å². The van der Waals surface area contributed by atoms with Crippen LogP contribution >= 0.6 is 11.6 Å². The third-order valence-electron chi connectivity index (χ3n) is 3.65. The van der Waals surface area contributed by atoms with E-state index in [1.54, 1.807) is 0 Å². The Labute approximate surface area is 116 Å². The van der Waals surface area contributed by atoms with Gasteiger partial charge in [-0.25, -0.2) is 4.39 Å². The Bertz CT molecular complexity index is 473. The van der Waals surface area contributed by atoms with Gasteiger partial charge >= 0.3 is 0 Å². The normalized spacial score (nSPS) is 18.0. The van der Waals surface area contributed by atoms with Crippen LogP contribution in [0.15, 0.2) is 18.2 Å². The van der Waals surface area contributed by atoms with Crippen molar-refractivity contribution in [1.29, 1.82) is 0 Å². The van der Waals surface area contributed by atoms with Gasteiger partial charge in [0.25, 0.3) is 5.91 Å². The molecule has 1 fully saturated rings. The molecule has 0 atom stereocenters. The zero-order valence-corrected chi connectivity index (χ0v) is 11.3. The Morgan fingerprint density at radius 1 is 1.37 bits per heavy atom. The number of halogens is 2.